The van der Waals surface area contributed by atoms with Crippen LogP contribution in [-0.2, 0) is 16.1 Å². The summed E-state index contributed by atoms with van der Waals surface area (Å²) in [4.78, 5) is 16.5. The molecule has 0 aliphatic carbocycles. The Morgan fingerprint density at radius 3 is 2.33 bits per heavy atom. The van der Waals surface area contributed by atoms with Crippen LogP contribution in [0.2, 0.25) is 0 Å². The number of carbonyl (C=O) groups excluding carboxylic acids is 1. The predicted octanol–water partition coefficient (Wildman–Crippen LogP) is 4.64. The number of likely N-dealkylation sites (N-methyl/N-ethyl adjacent to an activating group) is 1. The second kappa shape index (κ2) is 10.8. The van der Waals surface area contributed by atoms with Gasteiger partial charge in [0.15, 0.2) is 0 Å². The quantitative estimate of drug-likeness (QED) is 0.384. The van der Waals surface area contributed by atoms with Gasteiger partial charge in [-0.1, -0.05) is 54.6 Å². The molecule has 3 aromatic carbocycles. The van der Waals surface area contributed by atoms with Gasteiger partial charge < -0.3 is 9.64 Å². The SMILES string of the molecule is CN(CC(=O)N1CCOCC1)Cc1cnn(-c2ccc(-c3ccccc3)cc2)c1-c1ccccc1F. The van der Waals surface area contributed by atoms with Crippen molar-refractivity contribution in [3.63, 3.8) is 0 Å². The number of hydrogen-bond donors (Lipinski definition) is 0. The molecule has 1 saturated heterocycles. The first-order chi connectivity index (χ1) is 17.6. The van der Waals surface area contributed by atoms with Crippen LogP contribution in [0.25, 0.3) is 28.1 Å². The fourth-order valence-electron chi connectivity index (χ4n) is 4.55. The summed E-state index contributed by atoms with van der Waals surface area (Å²) in [6.45, 7) is 3.11. The lowest BCUT2D eigenvalue weighted by Crippen LogP contribution is -2.44. The molecule has 7 heteroatoms. The number of rotatable bonds is 7. The van der Waals surface area contributed by atoms with Gasteiger partial charge in [-0.3, -0.25) is 9.69 Å². The van der Waals surface area contributed by atoms with E-state index in [0.29, 0.717) is 44.1 Å². The van der Waals surface area contributed by atoms with Gasteiger partial charge in [0.05, 0.1) is 37.3 Å². The summed E-state index contributed by atoms with van der Waals surface area (Å²) in [5.74, 6) is -0.245. The van der Waals surface area contributed by atoms with Gasteiger partial charge in [-0.25, -0.2) is 9.07 Å². The largest absolute Gasteiger partial charge is 0.378 e. The lowest BCUT2D eigenvalue weighted by molar-refractivity contribution is -0.136. The summed E-state index contributed by atoms with van der Waals surface area (Å²) >= 11 is 0. The highest BCUT2D eigenvalue weighted by Crippen LogP contribution is 2.30. The normalized spacial score (nSPS) is 13.8. The highest BCUT2D eigenvalue weighted by Gasteiger charge is 2.22. The minimum absolute atomic E-state index is 0.0668. The maximum Gasteiger partial charge on any atom is 0.236 e. The summed E-state index contributed by atoms with van der Waals surface area (Å²) in [6.07, 6.45) is 1.77. The molecule has 1 fully saturated rings. The van der Waals surface area contributed by atoms with Crippen molar-refractivity contribution in [3.05, 3.63) is 96.4 Å². The molecule has 2 heterocycles. The third-order valence-electron chi connectivity index (χ3n) is 6.40. The number of halogens is 1. The minimum atomic E-state index is -0.312. The first-order valence-corrected chi connectivity index (χ1v) is 12.1. The number of hydrogen-bond acceptors (Lipinski definition) is 4. The average molecular weight is 485 g/mol. The maximum atomic E-state index is 15.0. The number of aromatic nitrogens is 2. The second-order valence-electron chi connectivity index (χ2n) is 8.99. The van der Waals surface area contributed by atoms with E-state index in [0.717, 1.165) is 22.4 Å². The van der Waals surface area contributed by atoms with Crippen LogP contribution in [0.4, 0.5) is 4.39 Å². The molecule has 1 aliphatic rings. The molecular formula is C29H29FN4O2. The molecule has 0 unspecified atom stereocenters. The van der Waals surface area contributed by atoms with Gasteiger partial charge >= 0.3 is 0 Å². The van der Waals surface area contributed by atoms with E-state index >= 15 is 0 Å². The van der Waals surface area contributed by atoms with Crippen LogP contribution in [0.1, 0.15) is 5.56 Å². The zero-order valence-electron chi connectivity index (χ0n) is 20.3. The van der Waals surface area contributed by atoms with E-state index in [2.05, 4.69) is 17.2 Å². The van der Waals surface area contributed by atoms with Gasteiger partial charge in [0.2, 0.25) is 5.91 Å². The van der Waals surface area contributed by atoms with Crippen molar-refractivity contribution in [3.8, 4) is 28.1 Å². The Kier molecular flexibility index (Phi) is 7.21. The van der Waals surface area contributed by atoms with Crippen molar-refractivity contribution in [2.24, 2.45) is 0 Å². The zero-order chi connectivity index (χ0) is 24.9. The summed E-state index contributed by atoms with van der Waals surface area (Å²) in [5.41, 5.74) is 5.08. The standard InChI is InChI=1S/C29H29FN4O2/c1-32(21-28(35)33-15-17-36-18-16-33)20-24-19-31-34(29(24)26-9-5-6-10-27(26)30)25-13-11-23(12-14-25)22-7-3-2-4-8-22/h2-14,19H,15-18,20-21H2,1H3. The van der Waals surface area contributed by atoms with Crippen molar-refractivity contribution in [2.75, 3.05) is 39.9 Å². The van der Waals surface area contributed by atoms with Gasteiger partial charge in [-0.2, -0.15) is 5.10 Å². The molecule has 1 aliphatic heterocycles. The number of benzene rings is 3. The van der Waals surface area contributed by atoms with E-state index in [9.17, 15) is 9.18 Å². The van der Waals surface area contributed by atoms with Crippen LogP contribution in [0.5, 0.6) is 0 Å². The van der Waals surface area contributed by atoms with E-state index < -0.39 is 0 Å². The molecule has 1 amide bonds. The first-order valence-electron chi connectivity index (χ1n) is 12.1. The molecule has 1 aromatic heterocycles. The van der Waals surface area contributed by atoms with E-state index in [1.165, 1.54) is 6.07 Å². The molecule has 0 bridgehead atoms. The highest BCUT2D eigenvalue weighted by molar-refractivity contribution is 5.78. The third-order valence-corrected chi connectivity index (χ3v) is 6.40. The smallest absolute Gasteiger partial charge is 0.236 e. The van der Waals surface area contributed by atoms with Crippen molar-refractivity contribution in [2.45, 2.75) is 6.54 Å². The van der Waals surface area contributed by atoms with Crippen molar-refractivity contribution in [1.29, 1.82) is 0 Å². The van der Waals surface area contributed by atoms with Crippen molar-refractivity contribution >= 4 is 5.91 Å². The number of nitrogens with zero attached hydrogens (tertiary/aromatic N) is 4. The number of carbonyl (C=O) groups is 1. The zero-order valence-corrected chi connectivity index (χ0v) is 20.3. The van der Waals surface area contributed by atoms with Gasteiger partial charge in [0.25, 0.3) is 0 Å². The second-order valence-corrected chi connectivity index (χ2v) is 8.99. The minimum Gasteiger partial charge on any atom is -0.378 e. The van der Waals surface area contributed by atoms with Crippen LogP contribution in [-0.4, -0.2) is 65.4 Å². The maximum absolute atomic E-state index is 15.0. The van der Waals surface area contributed by atoms with Gasteiger partial charge in [-0.15, -0.1) is 0 Å². The molecule has 0 spiro atoms. The molecule has 36 heavy (non-hydrogen) atoms. The molecule has 0 saturated carbocycles. The molecule has 0 radical (unpaired) electrons. The lowest BCUT2D eigenvalue weighted by atomic mass is 10.0. The Morgan fingerprint density at radius 1 is 0.944 bits per heavy atom. The van der Waals surface area contributed by atoms with E-state index in [-0.39, 0.29) is 18.3 Å². The summed E-state index contributed by atoms with van der Waals surface area (Å²) in [7, 11) is 1.90. The first kappa shape index (κ1) is 23.9. The Bertz CT molecular complexity index is 1310. The summed E-state index contributed by atoms with van der Waals surface area (Å²) in [6, 6.07) is 25.0. The Balaban J connectivity index is 1.43. The number of morpholine rings is 1. The number of amides is 1. The third kappa shape index (κ3) is 5.22. The van der Waals surface area contributed by atoms with Crippen molar-refractivity contribution in [1.82, 2.24) is 19.6 Å². The monoisotopic (exact) mass is 484 g/mol. The van der Waals surface area contributed by atoms with Crippen LogP contribution in [0, 0.1) is 5.82 Å². The van der Waals surface area contributed by atoms with Gasteiger partial charge in [0, 0.05) is 30.8 Å². The van der Waals surface area contributed by atoms with Gasteiger partial charge in [0.1, 0.15) is 5.82 Å². The summed E-state index contributed by atoms with van der Waals surface area (Å²) < 4.78 is 22.1. The molecule has 6 nitrogen and oxygen atoms in total. The Morgan fingerprint density at radius 2 is 1.61 bits per heavy atom. The fourth-order valence-corrected chi connectivity index (χ4v) is 4.55. The predicted molar refractivity (Wildman–Crippen MR) is 138 cm³/mol. The molecular weight excluding hydrogens is 455 g/mol. The number of ether oxygens (including phenoxy) is 1. The topological polar surface area (TPSA) is 50.6 Å². The Hall–Kier alpha value is -3.81. The molecule has 5 rings (SSSR count). The fraction of sp³-hybridized carbons (Fsp3) is 0.241. The Labute approximate surface area is 210 Å². The van der Waals surface area contributed by atoms with Crippen LogP contribution >= 0.6 is 0 Å². The van der Waals surface area contributed by atoms with E-state index in [1.807, 2.05) is 65.4 Å². The van der Waals surface area contributed by atoms with Crippen LogP contribution in [0.3, 0.4) is 0 Å². The van der Waals surface area contributed by atoms with Gasteiger partial charge in [-0.05, 0) is 42.4 Å². The van der Waals surface area contributed by atoms with E-state index in [1.54, 1.807) is 23.0 Å². The molecule has 0 N–H and O–H groups in total. The van der Waals surface area contributed by atoms with E-state index in [4.69, 9.17) is 4.74 Å². The molecule has 4 aromatic rings. The molecule has 0 atom stereocenters. The van der Waals surface area contributed by atoms with Crippen LogP contribution in [0.15, 0.2) is 85.1 Å². The van der Waals surface area contributed by atoms with Crippen molar-refractivity contribution < 1.29 is 13.9 Å². The summed E-state index contributed by atoms with van der Waals surface area (Å²) in [5, 5.41) is 4.64. The highest BCUT2D eigenvalue weighted by atomic mass is 19.1. The molecule has 184 valence electrons. The lowest BCUT2D eigenvalue weighted by Gasteiger charge is -2.28. The van der Waals surface area contributed by atoms with Crippen LogP contribution < -0.4 is 0 Å². The average Bonchev–Trinajstić information content (AvgIpc) is 3.33.